The van der Waals surface area contributed by atoms with Crippen LogP contribution in [0, 0.1) is 5.92 Å². The van der Waals surface area contributed by atoms with E-state index in [-0.39, 0.29) is 5.56 Å². The van der Waals surface area contributed by atoms with E-state index < -0.39 is 0 Å². The molecule has 1 aliphatic rings. The third kappa shape index (κ3) is 3.04. The number of rotatable bonds is 4. The van der Waals surface area contributed by atoms with E-state index in [2.05, 4.69) is 45.4 Å². The van der Waals surface area contributed by atoms with Gasteiger partial charge in [0.1, 0.15) is 4.70 Å². The highest BCUT2D eigenvalue weighted by atomic mass is 32.1. The van der Waals surface area contributed by atoms with Gasteiger partial charge in [-0.1, -0.05) is 30.3 Å². The number of fused-ring (bicyclic) bond motifs is 3. The lowest BCUT2D eigenvalue weighted by molar-refractivity contribution is 0.173. The number of likely N-dealkylation sites (tertiary alicyclic amines) is 1. The van der Waals surface area contributed by atoms with Gasteiger partial charge in [0.25, 0.3) is 5.56 Å². The van der Waals surface area contributed by atoms with E-state index in [1.54, 1.807) is 11.6 Å². The third-order valence-electron chi connectivity index (χ3n) is 5.84. The summed E-state index contributed by atoms with van der Waals surface area (Å²) in [6.45, 7) is 2.91. The van der Waals surface area contributed by atoms with Crippen molar-refractivity contribution in [3.8, 4) is 0 Å². The lowest BCUT2D eigenvalue weighted by Crippen LogP contribution is -2.34. The van der Waals surface area contributed by atoms with Gasteiger partial charge in [-0.2, -0.15) is 0 Å². The molecule has 0 bridgehead atoms. The second-order valence-corrected chi connectivity index (χ2v) is 8.58. The summed E-state index contributed by atoms with van der Waals surface area (Å²) in [6, 6.07) is 12.8. The molecule has 0 saturated carbocycles. The number of aromatic nitrogens is 4. The molecule has 144 valence electrons. The number of piperidine rings is 1. The first kappa shape index (κ1) is 17.6. The van der Waals surface area contributed by atoms with Crippen molar-refractivity contribution in [2.45, 2.75) is 25.8 Å². The van der Waals surface area contributed by atoms with E-state index in [9.17, 15) is 4.79 Å². The van der Waals surface area contributed by atoms with Crippen molar-refractivity contribution in [3.05, 3.63) is 63.5 Å². The van der Waals surface area contributed by atoms with Gasteiger partial charge in [-0.25, -0.2) is 0 Å². The molecule has 0 spiro atoms. The molecule has 6 nitrogen and oxygen atoms in total. The van der Waals surface area contributed by atoms with Gasteiger partial charge in [0.05, 0.1) is 12.1 Å². The Bertz CT molecular complexity index is 1170. The van der Waals surface area contributed by atoms with Crippen LogP contribution in [0.3, 0.4) is 0 Å². The van der Waals surface area contributed by atoms with Crippen molar-refractivity contribution in [1.82, 2.24) is 24.1 Å². The van der Waals surface area contributed by atoms with Gasteiger partial charge < -0.3 is 0 Å². The molecule has 0 N–H and O–H groups in total. The molecule has 3 aromatic heterocycles. The van der Waals surface area contributed by atoms with Crippen molar-refractivity contribution in [3.63, 3.8) is 0 Å². The number of hydrogen-bond donors (Lipinski definition) is 0. The molecule has 4 aromatic rings. The maximum atomic E-state index is 12.5. The molecule has 0 unspecified atom stereocenters. The molecule has 1 fully saturated rings. The molecule has 0 aliphatic carbocycles. The zero-order chi connectivity index (χ0) is 19.1. The quantitative estimate of drug-likeness (QED) is 0.535. The van der Waals surface area contributed by atoms with Gasteiger partial charge in [0, 0.05) is 7.05 Å². The summed E-state index contributed by atoms with van der Waals surface area (Å²) in [5.74, 6) is 2.28. The van der Waals surface area contributed by atoms with Crippen molar-refractivity contribution in [1.29, 1.82) is 0 Å². The second kappa shape index (κ2) is 7.14. The monoisotopic (exact) mass is 393 g/mol. The molecular weight excluding hydrogens is 370 g/mol. The zero-order valence-corrected chi connectivity index (χ0v) is 16.7. The number of aryl methyl sites for hydroxylation is 1. The van der Waals surface area contributed by atoms with Crippen LogP contribution >= 0.6 is 11.3 Å². The van der Waals surface area contributed by atoms with Crippen molar-refractivity contribution >= 4 is 27.3 Å². The molecule has 1 aliphatic heterocycles. The molecule has 28 heavy (non-hydrogen) atoms. The zero-order valence-electron chi connectivity index (χ0n) is 15.9. The molecule has 0 amide bonds. The van der Waals surface area contributed by atoms with Crippen LogP contribution in [0.15, 0.2) is 46.6 Å². The molecule has 4 heterocycles. The fourth-order valence-electron chi connectivity index (χ4n) is 4.25. The summed E-state index contributed by atoms with van der Waals surface area (Å²) in [5, 5.41) is 10.7. The molecule has 1 aromatic carbocycles. The largest absolute Gasteiger partial charge is 0.296 e. The molecule has 1 saturated heterocycles. The number of hydrogen-bond acceptors (Lipinski definition) is 5. The van der Waals surface area contributed by atoms with Crippen LogP contribution < -0.4 is 5.56 Å². The Morgan fingerprint density at radius 1 is 1.11 bits per heavy atom. The van der Waals surface area contributed by atoms with Crippen LogP contribution in [0.1, 0.15) is 24.2 Å². The van der Waals surface area contributed by atoms with Crippen LogP contribution in [0.4, 0.5) is 0 Å². The first-order valence-electron chi connectivity index (χ1n) is 9.77. The second-order valence-electron chi connectivity index (χ2n) is 7.66. The van der Waals surface area contributed by atoms with E-state index in [0.29, 0.717) is 5.78 Å². The van der Waals surface area contributed by atoms with E-state index in [1.165, 1.54) is 36.2 Å². The number of nitrogens with zero attached hydrogens (tertiary/aromatic N) is 5. The van der Waals surface area contributed by atoms with E-state index >= 15 is 0 Å². The molecular formula is C21H23N5OS. The maximum Gasteiger partial charge on any atom is 0.272 e. The summed E-state index contributed by atoms with van der Waals surface area (Å²) in [6.07, 6.45) is 3.58. The van der Waals surface area contributed by atoms with Crippen LogP contribution in [0.25, 0.3) is 16.0 Å². The highest BCUT2D eigenvalue weighted by Gasteiger charge is 2.22. The standard InChI is InChI=1S/C21H23N5OS/c1-24-20(27)19-17(9-12-28-19)26-18(22-23-21(24)26)14-25-10-7-16(8-11-25)13-15-5-3-2-4-6-15/h2-6,9,12,16H,7-8,10-11,13-14H2,1H3. The van der Waals surface area contributed by atoms with Gasteiger partial charge >= 0.3 is 0 Å². The van der Waals surface area contributed by atoms with E-state index in [4.69, 9.17) is 0 Å². The maximum absolute atomic E-state index is 12.5. The first-order chi connectivity index (χ1) is 13.7. The lowest BCUT2D eigenvalue weighted by atomic mass is 9.90. The predicted molar refractivity (Wildman–Crippen MR) is 112 cm³/mol. The topological polar surface area (TPSA) is 55.4 Å². The van der Waals surface area contributed by atoms with Crippen molar-refractivity contribution in [2.24, 2.45) is 13.0 Å². The van der Waals surface area contributed by atoms with Gasteiger partial charge in [-0.15, -0.1) is 21.5 Å². The number of thiophene rings is 1. The SMILES string of the molecule is Cn1c(=O)c2sccc2n2c(CN3CCC(Cc4ccccc4)CC3)nnc12. The highest BCUT2D eigenvalue weighted by Crippen LogP contribution is 2.24. The Hall–Kier alpha value is -2.51. The van der Waals surface area contributed by atoms with Gasteiger partial charge in [0.2, 0.25) is 5.78 Å². The fourth-order valence-corrected chi connectivity index (χ4v) is 5.10. The highest BCUT2D eigenvalue weighted by molar-refractivity contribution is 7.17. The Morgan fingerprint density at radius 2 is 1.89 bits per heavy atom. The van der Waals surface area contributed by atoms with E-state index in [0.717, 1.165) is 41.6 Å². The predicted octanol–water partition coefficient (Wildman–Crippen LogP) is 3.10. The minimum absolute atomic E-state index is 0.00169. The lowest BCUT2D eigenvalue weighted by Gasteiger charge is -2.31. The van der Waals surface area contributed by atoms with Crippen LogP contribution in [0.5, 0.6) is 0 Å². The molecule has 0 radical (unpaired) electrons. The van der Waals surface area contributed by atoms with Crippen LogP contribution in [-0.2, 0) is 20.0 Å². The molecule has 0 atom stereocenters. The summed E-state index contributed by atoms with van der Waals surface area (Å²) in [5.41, 5.74) is 2.35. The Labute approximate surface area is 167 Å². The van der Waals surface area contributed by atoms with Gasteiger partial charge in [0.15, 0.2) is 5.82 Å². The Morgan fingerprint density at radius 3 is 2.68 bits per heavy atom. The first-order valence-corrected chi connectivity index (χ1v) is 10.6. The van der Waals surface area contributed by atoms with Crippen LogP contribution in [-0.4, -0.2) is 37.2 Å². The smallest absolute Gasteiger partial charge is 0.272 e. The summed E-state index contributed by atoms with van der Waals surface area (Å²) >= 11 is 1.48. The summed E-state index contributed by atoms with van der Waals surface area (Å²) < 4.78 is 4.41. The summed E-state index contributed by atoms with van der Waals surface area (Å²) in [7, 11) is 1.77. The Kier molecular flexibility index (Phi) is 4.49. The van der Waals surface area contributed by atoms with Gasteiger partial charge in [-0.3, -0.25) is 18.7 Å². The van der Waals surface area contributed by atoms with E-state index in [1.807, 2.05) is 15.8 Å². The molecule has 7 heteroatoms. The van der Waals surface area contributed by atoms with Crippen molar-refractivity contribution in [2.75, 3.05) is 13.1 Å². The fraction of sp³-hybridized carbons (Fsp3) is 0.381. The minimum Gasteiger partial charge on any atom is -0.296 e. The average Bonchev–Trinajstić information content (AvgIpc) is 3.36. The van der Waals surface area contributed by atoms with Crippen molar-refractivity contribution < 1.29 is 0 Å². The third-order valence-corrected chi connectivity index (χ3v) is 6.73. The summed E-state index contributed by atoms with van der Waals surface area (Å²) in [4.78, 5) is 14.9. The minimum atomic E-state index is -0.00169. The van der Waals surface area contributed by atoms with Gasteiger partial charge in [-0.05, 0) is 55.3 Å². The Balaban J connectivity index is 1.34. The van der Waals surface area contributed by atoms with Crippen LogP contribution in [0.2, 0.25) is 0 Å². The number of benzene rings is 1. The normalized spacial score (nSPS) is 16.3. The average molecular weight is 394 g/mol. The molecule has 5 rings (SSSR count).